The second kappa shape index (κ2) is 26.8. The summed E-state index contributed by atoms with van der Waals surface area (Å²) < 4.78 is 17.3. The predicted molar refractivity (Wildman–Crippen MR) is 523 cm³/mol. The number of nitrogens with zero attached hydrogens (tertiary/aromatic N) is 1. The first-order valence-corrected chi connectivity index (χ1v) is 46.7. The lowest BCUT2D eigenvalue weighted by Crippen LogP contribution is -2.55. The zero-order valence-electron chi connectivity index (χ0n) is 69.8. The molecular formula is C121H89NO2S. The average Bonchev–Trinajstić information content (AvgIpc) is 1.52. The molecule has 2 spiro atoms. The van der Waals surface area contributed by atoms with E-state index in [9.17, 15) is 0 Å². The van der Waals surface area contributed by atoms with Crippen molar-refractivity contribution in [3.63, 3.8) is 0 Å². The van der Waals surface area contributed by atoms with Gasteiger partial charge in [-0.25, -0.2) is 0 Å². The molecule has 3 heterocycles. The highest BCUT2D eigenvalue weighted by atomic mass is 32.1. The van der Waals surface area contributed by atoms with Crippen LogP contribution >= 0.6 is 11.3 Å². The monoisotopic (exact) mass is 1620 g/mol. The minimum Gasteiger partial charge on any atom is -0.497 e. The zero-order valence-corrected chi connectivity index (χ0v) is 70.7. The van der Waals surface area contributed by atoms with E-state index in [1.807, 2.05) is 11.3 Å². The highest BCUT2D eigenvalue weighted by Gasteiger charge is 2.63. The molecule has 0 atom stereocenters. The Bertz CT molecular complexity index is 8020. The number of methoxy groups -OCH3 is 1. The molecule has 0 amide bonds. The van der Waals surface area contributed by atoms with Gasteiger partial charge in [0.1, 0.15) is 16.9 Å². The average molecular weight is 1620 g/mol. The quantitative estimate of drug-likeness (QED) is 0.142. The Morgan fingerprint density at radius 3 is 1.12 bits per heavy atom. The molecule has 0 radical (unpaired) electrons. The van der Waals surface area contributed by atoms with Gasteiger partial charge >= 0.3 is 0 Å². The predicted octanol–water partition coefficient (Wildman–Crippen LogP) is 32.8. The van der Waals surface area contributed by atoms with E-state index in [-0.39, 0.29) is 10.8 Å². The number of benzene rings is 18. The first-order valence-electron chi connectivity index (χ1n) is 45.9. The minimum atomic E-state index is 0.147. The van der Waals surface area contributed by atoms with E-state index in [0.29, 0.717) is 0 Å². The second-order valence-electron chi connectivity index (χ2n) is 38.3. The molecule has 8 bridgehead atoms. The third kappa shape index (κ3) is 10.1. The standard InChI is InChI=1S/C66H47NS.C55H42O2/c1-2-12-47(13-3-1)67-60-28-24-43(64-52-16-4-6-18-54(52)65(55-19-7-5-17-53(55)64)44-25-29-63-57(36-44)51-15-9-11-21-62(51)68-63)35-56(60)50-27-23-42(38-61(50)67)41-22-26-49-48-14-8-10-20-58(48)66(59(49)37-41)45-31-39-30-40(33-45)34-46(66)32-39;1-56-40-19-14-34(15-20-40)53-43-9-2-4-11-45(43)54(46-12-5-3-10-44(46)53)37-18-23-52-48(30-37)47-29-35(17-22-51(47)57-52)36-16-21-42-41-8-6-7-13-49(41)55(50(42)31-36)38-25-32-24-33(27-38)28-39(55)26-32/h1-29,35-40,45-46H,30-34H2;2-23,29-33,38-39H,24-28H2,1H3. The molecule has 0 saturated heterocycles. The van der Waals surface area contributed by atoms with E-state index in [1.165, 1.54) is 249 Å². The van der Waals surface area contributed by atoms with Crippen LogP contribution in [0.4, 0.5) is 0 Å². The Labute approximate surface area is 730 Å². The van der Waals surface area contributed by atoms with Gasteiger partial charge < -0.3 is 13.7 Å². The fourth-order valence-electron chi connectivity index (χ4n) is 28.1. The molecule has 0 unspecified atom stereocenters. The third-order valence-electron chi connectivity index (χ3n) is 32.5. The number of furan rings is 1. The van der Waals surface area contributed by atoms with Crippen molar-refractivity contribution in [2.24, 2.45) is 47.3 Å². The summed E-state index contributed by atoms with van der Waals surface area (Å²) in [5.41, 5.74) is 33.4. The van der Waals surface area contributed by atoms with Crippen LogP contribution in [0.2, 0.25) is 0 Å². The number of ether oxygens (including phenoxy) is 1. The topological polar surface area (TPSA) is 27.3 Å². The van der Waals surface area contributed by atoms with Gasteiger partial charge in [-0.15, -0.1) is 11.3 Å². The molecule has 3 nitrogen and oxygen atoms in total. The van der Waals surface area contributed by atoms with Crippen LogP contribution in [0.1, 0.15) is 86.5 Å². The Hall–Kier alpha value is -13.4. The van der Waals surface area contributed by atoms with E-state index in [0.717, 1.165) is 69.6 Å². The van der Waals surface area contributed by atoms with E-state index >= 15 is 0 Å². The van der Waals surface area contributed by atoms with Gasteiger partial charge in [0, 0.05) is 58.2 Å². The van der Waals surface area contributed by atoms with Gasteiger partial charge in [0.05, 0.1) is 18.1 Å². The largest absolute Gasteiger partial charge is 0.497 e. The maximum absolute atomic E-state index is 6.57. The lowest BCUT2D eigenvalue weighted by molar-refractivity contribution is -0.0399. The molecule has 21 aromatic rings. The van der Waals surface area contributed by atoms with Crippen LogP contribution in [-0.2, 0) is 10.8 Å². The molecule has 8 fully saturated rings. The molecule has 0 N–H and O–H groups in total. The molecule has 3 aromatic heterocycles. The van der Waals surface area contributed by atoms with Crippen LogP contribution in [0, 0.1) is 47.3 Å². The normalized spacial score (nSPS) is 22.0. The summed E-state index contributed by atoms with van der Waals surface area (Å²) in [6, 6.07) is 133. The molecule has 18 aromatic carbocycles. The number of thiophene rings is 1. The number of aromatic nitrogens is 1. The molecular weight excluding hydrogens is 1530 g/mol. The number of rotatable bonds is 8. The number of hydrogen-bond acceptors (Lipinski definition) is 3. The van der Waals surface area contributed by atoms with Crippen molar-refractivity contribution >= 4 is 118 Å². The summed E-state index contributed by atoms with van der Waals surface area (Å²) in [7, 11) is 1.72. The molecule has 10 aliphatic carbocycles. The molecule has 31 rings (SSSR count). The van der Waals surface area contributed by atoms with Crippen LogP contribution in [0.3, 0.4) is 0 Å². The van der Waals surface area contributed by atoms with E-state index < -0.39 is 0 Å². The number of para-hydroxylation sites is 1. The van der Waals surface area contributed by atoms with Crippen LogP contribution in [0.25, 0.3) is 202 Å². The van der Waals surface area contributed by atoms with E-state index in [4.69, 9.17) is 9.15 Å². The maximum atomic E-state index is 6.57. The van der Waals surface area contributed by atoms with Crippen LogP contribution in [0.15, 0.2) is 356 Å². The first kappa shape index (κ1) is 71.1. The maximum Gasteiger partial charge on any atom is 0.135 e. The van der Waals surface area contributed by atoms with Crippen molar-refractivity contribution in [1.29, 1.82) is 0 Å². The lowest BCUT2D eigenvalue weighted by atomic mass is 9.43. The van der Waals surface area contributed by atoms with Crippen molar-refractivity contribution in [3.8, 4) is 100 Å². The SMILES string of the molecule is COc1ccc(-c2c3ccccc3c(-c3ccc4oc5ccc(-c6ccc7c(c6)C6(c8ccccc8-7)C7CC8CC(C7)CC6C8)cc5c4c3)c3ccccc23)cc1.c1ccc(-n2c3ccc(-c4c5ccccc5c(-c5ccc6sc7ccccc7c6c5)c5ccccc45)cc3c3ccc(-c4ccc5c(c4)C4(c6ccccc6-5)C5CC6CC(C5)CC4C6)cc32)cc1. The lowest BCUT2D eigenvalue weighted by Gasteiger charge is -2.61. The van der Waals surface area contributed by atoms with Crippen molar-refractivity contribution < 1.29 is 9.15 Å². The van der Waals surface area contributed by atoms with Gasteiger partial charge in [0.15, 0.2) is 0 Å². The van der Waals surface area contributed by atoms with Gasteiger partial charge in [-0.05, 0) is 363 Å². The van der Waals surface area contributed by atoms with Crippen LogP contribution < -0.4 is 4.74 Å². The molecule has 10 aliphatic rings. The van der Waals surface area contributed by atoms with Crippen molar-refractivity contribution in [2.45, 2.75) is 75.0 Å². The Balaban J connectivity index is 0.000000130. The van der Waals surface area contributed by atoms with Crippen LogP contribution in [-0.4, -0.2) is 11.7 Å². The van der Waals surface area contributed by atoms with Crippen molar-refractivity contribution in [2.75, 3.05) is 7.11 Å². The Morgan fingerprint density at radius 2 is 0.616 bits per heavy atom. The van der Waals surface area contributed by atoms with E-state index in [1.54, 1.807) is 29.4 Å². The molecule has 596 valence electrons. The highest BCUT2D eigenvalue weighted by molar-refractivity contribution is 7.25. The highest BCUT2D eigenvalue weighted by Crippen LogP contribution is 2.72. The number of hydrogen-bond donors (Lipinski definition) is 0. The van der Waals surface area contributed by atoms with Gasteiger partial charge in [0.2, 0.25) is 0 Å². The van der Waals surface area contributed by atoms with Gasteiger partial charge in [0.25, 0.3) is 0 Å². The fourth-order valence-corrected chi connectivity index (χ4v) is 29.2. The third-order valence-corrected chi connectivity index (χ3v) is 33.7. The summed E-state index contributed by atoms with van der Waals surface area (Å²) in [5, 5.41) is 17.6. The molecule has 125 heavy (non-hydrogen) atoms. The summed E-state index contributed by atoms with van der Waals surface area (Å²) in [6.45, 7) is 0. The van der Waals surface area contributed by atoms with E-state index in [2.05, 4.69) is 356 Å². The van der Waals surface area contributed by atoms with Crippen molar-refractivity contribution in [3.05, 3.63) is 374 Å². The molecule has 4 heteroatoms. The summed E-state index contributed by atoms with van der Waals surface area (Å²) in [4.78, 5) is 0. The second-order valence-corrected chi connectivity index (χ2v) is 39.4. The summed E-state index contributed by atoms with van der Waals surface area (Å²) in [6.07, 6.45) is 14.1. The Kier molecular flexibility index (Phi) is 15.3. The Morgan fingerprint density at radius 1 is 0.256 bits per heavy atom. The fraction of sp³-hybridized carbons (Fsp3) is 0.174. The van der Waals surface area contributed by atoms with Gasteiger partial charge in [-0.3, -0.25) is 0 Å². The first-order chi connectivity index (χ1) is 61.8. The minimum absolute atomic E-state index is 0.147. The number of fused-ring (bicyclic) bond motifs is 19. The smallest absolute Gasteiger partial charge is 0.135 e. The van der Waals surface area contributed by atoms with Crippen LogP contribution in [0.5, 0.6) is 5.75 Å². The molecule has 8 saturated carbocycles. The summed E-state index contributed by atoms with van der Waals surface area (Å²) in [5.74, 6) is 7.58. The van der Waals surface area contributed by atoms with Gasteiger partial charge in [-0.2, -0.15) is 0 Å². The van der Waals surface area contributed by atoms with Crippen molar-refractivity contribution in [1.82, 2.24) is 4.57 Å². The summed E-state index contributed by atoms with van der Waals surface area (Å²) >= 11 is 1.88. The zero-order chi connectivity index (χ0) is 81.6. The van der Waals surface area contributed by atoms with Gasteiger partial charge in [-0.1, -0.05) is 255 Å². The molecule has 0 aliphatic heterocycles.